The molecule has 1 spiro atoms. The van der Waals surface area contributed by atoms with Crippen LogP contribution in [0.25, 0.3) is 0 Å². The Hall–Kier alpha value is -2.22. The number of aromatic nitrogens is 3. The second-order valence-corrected chi connectivity index (χ2v) is 9.22. The lowest BCUT2D eigenvalue weighted by Gasteiger charge is -2.36. The number of cyclic esters (lactones) is 1. The molecule has 8 heteroatoms. The Balaban J connectivity index is 1.40. The molecular weight excluding hydrogens is 376 g/mol. The van der Waals surface area contributed by atoms with Crippen molar-refractivity contribution in [1.82, 2.24) is 19.4 Å². The number of likely N-dealkylation sites (tertiary alicyclic amines) is 1. The van der Waals surface area contributed by atoms with Gasteiger partial charge in [0.15, 0.2) is 0 Å². The van der Waals surface area contributed by atoms with Crippen LogP contribution < -0.4 is 0 Å². The van der Waals surface area contributed by atoms with Gasteiger partial charge >= 0.3 is 5.97 Å². The first-order chi connectivity index (χ1) is 13.4. The van der Waals surface area contributed by atoms with Gasteiger partial charge in [0.25, 0.3) is 5.91 Å². The molecule has 2 aliphatic rings. The molecule has 2 fully saturated rings. The van der Waals surface area contributed by atoms with Gasteiger partial charge in [0.05, 0.1) is 29.0 Å². The normalized spacial score (nSPS) is 21.5. The zero-order valence-electron chi connectivity index (χ0n) is 16.6. The van der Waals surface area contributed by atoms with E-state index in [0.29, 0.717) is 44.8 Å². The van der Waals surface area contributed by atoms with Crippen LogP contribution in [0.15, 0.2) is 18.7 Å². The molecule has 0 aliphatic carbocycles. The number of carbonyl (C=O) groups excluding carboxylic acids is 2. The summed E-state index contributed by atoms with van der Waals surface area (Å²) in [6.45, 7) is 7.87. The quantitative estimate of drug-likeness (QED) is 0.735. The lowest BCUT2D eigenvalue weighted by Crippen LogP contribution is -2.45. The van der Waals surface area contributed by atoms with E-state index in [1.54, 1.807) is 12.5 Å². The number of imidazole rings is 1. The zero-order chi connectivity index (χ0) is 19.9. The highest BCUT2D eigenvalue weighted by Crippen LogP contribution is 2.43. The summed E-state index contributed by atoms with van der Waals surface area (Å²) < 4.78 is 7.60. The van der Waals surface area contributed by atoms with Gasteiger partial charge in [0.1, 0.15) is 11.0 Å². The van der Waals surface area contributed by atoms with Crippen molar-refractivity contribution in [3.63, 3.8) is 0 Å². The van der Waals surface area contributed by atoms with Crippen LogP contribution in [-0.4, -0.2) is 50.5 Å². The lowest BCUT2D eigenvalue weighted by molar-refractivity contribution is -0.150. The maximum Gasteiger partial charge on any atom is 0.312 e. The van der Waals surface area contributed by atoms with E-state index in [1.165, 1.54) is 11.3 Å². The minimum Gasteiger partial charge on any atom is -0.460 e. The van der Waals surface area contributed by atoms with E-state index in [2.05, 4.69) is 23.8 Å². The predicted octanol–water partition coefficient (Wildman–Crippen LogP) is 3.01. The number of carbonyl (C=O) groups is 2. The molecule has 0 N–H and O–H groups in total. The van der Waals surface area contributed by atoms with Gasteiger partial charge in [0.2, 0.25) is 0 Å². The maximum atomic E-state index is 13.0. The first-order valence-electron chi connectivity index (χ1n) is 9.81. The molecule has 2 aliphatic heterocycles. The lowest BCUT2D eigenvalue weighted by atomic mass is 9.76. The number of nitrogens with zero attached hydrogens (tertiary/aromatic N) is 4. The Labute approximate surface area is 168 Å². The number of piperidine rings is 1. The molecule has 0 saturated carbocycles. The molecule has 2 aromatic heterocycles. The van der Waals surface area contributed by atoms with Crippen molar-refractivity contribution in [3.05, 3.63) is 34.3 Å². The predicted molar refractivity (Wildman–Crippen MR) is 105 cm³/mol. The van der Waals surface area contributed by atoms with Crippen LogP contribution in [0.1, 0.15) is 59.4 Å². The van der Waals surface area contributed by atoms with E-state index in [0.717, 1.165) is 15.6 Å². The average molecular weight is 403 g/mol. The summed E-state index contributed by atoms with van der Waals surface area (Å²) in [6, 6.07) is 0. The Kier molecular flexibility index (Phi) is 4.99. The van der Waals surface area contributed by atoms with Crippen LogP contribution >= 0.6 is 11.3 Å². The van der Waals surface area contributed by atoms with Gasteiger partial charge in [-0.15, -0.1) is 11.3 Å². The van der Waals surface area contributed by atoms with Crippen molar-refractivity contribution < 1.29 is 14.3 Å². The number of hydrogen-bond donors (Lipinski definition) is 0. The fourth-order valence-corrected chi connectivity index (χ4v) is 5.16. The molecule has 2 saturated heterocycles. The smallest absolute Gasteiger partial charge is 0.312 e. The topological polar surface area (TPSA) is 77.3 Å². The molecule has 0 radical (unpaired) electrons. The van der Waals surface area contributed by atoms with Gasteiger partial charge in [-0.3, -0.25) is 9.59 Å². The minimum absolute atomic E-state index is 0.0399. The highest BCUT2D eigenvalue weighted by Gasteiger charge is 2.51. The van der Waals surface area contributed by atoms with Gasteiger partial charge in [-0.25, -0.2) is 9.97 Å². The van der Waals surface area contributed by atoms with Crippen LogP contribution in [0, 0.1) is 12.3 Å². The second-order valence-electron chi connectivity index (χ2n) is 8.18. The summed E-state index contributed by atoms with van der Waals surface area (Å²) in [4.78, 5) is 36.8. The third kappa shape index (κ3) is 3.45. The van der Waals surface area contributed by atoms with Crippen LogP contribution in [0.3, 0.4) is 0 Å². The minimum atomic E-state index is -0.451. The van der Waals surface area contributed by atoms with Crippen molar-refractivity contribution in [2.45, 2.75) is 58.6 Å². The molecule has 4 rings (SSSR count). The number of hydrogen-bond acceptors (Lipinski definition) is 6. The second kappa shape index (κ2) is 7.31. The summed E-state index contributed by atoms with van der Waals surface area (Å²) in [7, 11) is 0. The summed E-state index contributed by atoms with van der Waals surface area (Å²) in [6.07, 6.45) is 7.25. The van der Waals surface area contributed by atoms with Crippen molar-refractivity contribution in [2.24, 2.45) is 5.41 Å². The average Bonchev–Trinajstić information content (AvgIpc) is 3.37. The summed E-state index contributed by atoms with van der Waals surface area (Å²) >= 11 is 1.49. The number of thiazole rings is 1. The van der Waals surface area contributed by atoms with E-state index in [9.17, 15) is 9.59 Å². The Bertz CT molecular complexity index is 866. The van der Waals surface area contributed by atoms with Gasteiger partial charge in [-0.1, -0.05) is 13.8 Å². The molecule has 2 aromatic rings. The van der Waals surface area contributed by atoms with Crippen LogP contribution in [0.2, 0.25) is 0 Å². The van der Waals surface area contributed by atoms with Gasteiger partial charge in [-0.2, -0.15) is 0 Å². The van der Waals surface area contributed by atoms with Crippen molar-refractivity contribution in [2.75, 3.05) is 13.1 Å². The third-order valence-corrected chi connectivity index (χ3v) is 7.25. The van der Waals surface area contributed by atoms with E-state index in [4.69, 9.17) is 4.74 Å². The van der Waals surface area contributed by atoms with E-state index in [-0.39, 0.29) is 18.0 Å². The molecule has 1 amide bonds. The van der Waals surface area contributed by atoms with E-state index >= 15 is 0 Å². The molecule has 7 nitrogen and oxygen atoms in total. The molecule has 150 valence electrons. The number of amides is 1. The van der Waals surface area contributed by atoms with E-state index < -0.39 is 5.41 Å². The number of aryl methyl sites for hydroxylation is 1. The summed E-state index contributed by atoms with van der Waals surface area (Å²) in [5.74, 6) is 0.245. The van der Waals surface area contributed by atoms with Crippen molar-refractivity contribution >= 4 is 23.2 Å². The maximum absolute atomic E-state index is 13.0. The summed E-state index contributed by atoms with van der Waals surface area (Å²) in [5, 5.41) is 0.996. The number of ether oxygens (including phenoxy) is 1. The van der Waals surface area contributed by atoms with Crippen LogP contribution in [-0.2, 0) is 16.1 Å². The highest BCUT2D eigenvalue weighted by atomic mass is 32.1. The standard InChI is InChI=1S/C20H26N4O3S/c1-13(2)17-22-14(3)16(28-17)18(25)24-7-4-20(5-8-24)10-15(27-19(20)26)11-23-9-6-21-12-23/h6,9,12-13,15H,4-5,7-8,10-11H2,1-3H3. The fourth-order valence-electron chi connectivity index (χ4n) is 4.12. The highest BCUT2D eigenvalue weighted by molar-refractivity contribution is 7.13. The molecule has 0 aromatic carbocycles. The van der Waals surface area contributed by atoms with E-state index in [1.807, 2.05) is 22.6 Å². The first-order valence-corrected chi connectivity index (χ1v) is 10.6. The zero-order valence-corrected chi connectivity index (χ0v) is 17.4. The fraction of sp³-hybridized carbons (Fsp3) is 0.600. The largest absolute Gasteiger partial charge is 0.460 e. The monoisotopic (exact) mass is 402 g/mol. The number of rotatable bonds is 4. The van der Waals surface area contributed by atoms with Crippen LogP contribution in [0.5, 0.6) is 0 Å². The Morgan fingerprint density at radius 1 is 1.39 bits per heavy atom. The Morgan fingerprint density at radius 3 is 2.75 bits per heavy atom. The third-order valence-electron chi connectivity index (χ3n) is 5.81. The molecule has 1 unspecified atom stereocenters. The van der Waals surface area contributed by atoms with Crippen molar-refractivity contribution in [3.8, 4) is 0 Å². The molecule has 1 atom stereocenters. The molecule has 0 bridgehead atoms. The Morgan fingerprint density at radius 2 is 2.14 bits per heavy atom. The molecule has 4 heterocycles. The number of esters is 1. The van der Waals surface area contributed by atoms with Crippen molar-refractivity contribution in [1.29, 1.82) is 0 Å². The summed E-state index contributed by atoms with van der Waals surface area (Å²) in [5.41, 5.74) is 0.355. The van der Waals surface area contributed by atoms with Gasteiger partial charge in [0, 0.05) is 37.8 Å². The SMILES string of the molecule is Cc1nc(C(C)C)sc1C(=O)N1CCC2(CC1)CC(Cn1ccnc1)OC2=O. The molecular formula is C20H26N4O3S. The van der Waals surface area contributed by atoms with Crippen LogP contribution in [0.4, 0.5) is 0 Å². The van der Waals surface area contributed by atoms with Gasteiger partial charge in [-0.05, 0) is 19.8 Å². The molecule has 28 heavy (non-hydrogen) atoms. The van der Waals surface area contributed by atoms with Gasteiger partial charge < -0.3 is 14.2 Å². The first kappa shape index (κ1) is 19.1.